The average Bonchev–Trinajstić information content (AvgIpc) is 2.85. The Bertz CT molecular complexity index is 759. The van der Waals surface area contributed by atoms with E-state index >= 15 is 0 Å². The first-order valence-electron chi connectivity index (χ1n) is 6.55. The number of rotatable bonds is 3. The summed E-state index contributed by atoms with van der Waals surface area (Å²) < 4.78 is 0. The maximum atomic E-state index is 12.6. The third-order valence-corrected chi connectivity index (χ3v) is 3.39. The zero-order valence-electron chi connectivity index (χ0n) is 11.4. The first-order valence-corrected chi connectivity index (χ1v) is 7.08. The highest BCUT2D eigenvalue weighted by molar-refractivity contribution is 6.55. The van der Waals surface area contributed by atoms with Gasteiger partial charge in [0, 0.05) is 11.3 Å². The summed E-state index contributed by atoms with van der Waals surface area (Å²) >= 11 is 5.36. The van der Waals surface area contributed by atoms with E-state index in [0.717, 1.165) is 0 Å². The van der Waals surface area contributed by atoms with Crippen molar-refractivity contribution in [3.63, 3.8) is 0 Å². The second-order valence-electron chi connectivity index (χ2n) is 4.53. The molecule has 3 rings (SSSR count). The molecule has 2 aromatic carbocycles. The van der Waals surface area contributed by atoms with Gasteiger partial charge in [0.2, 0.25) is 0 Å². The summed E-state index contributed by atoms with van der Waals surface area (Å²) in [6, 6.07) is 16.4. The van der Waals surface area contributed by atoms with E-state index in [1.54, 1.807) is 12.1 Å². The minimum atomic E-state index is -0.711. The molecule has 1 aliphatic rings. The fraction of sp³-hybridized carbons (Fsp3) is 0.0625. The van der Waals surface area contributed by atoms with Crippen molar-refractivity contribution in [2.75, 3.05) is 10.8 Å². The van der Waals surface area contributed by atoms with Gasteiger partial charge in [-0.15, -0.1) is 11.6 Å². The molecule has 0 unspecified atom stereocenters. The summed E-state index contributed by atoms with van der Waals surface area (Å²) in [6.07, 6.45) is 0. The van der Waals surface area contributed by atoms with Crippen molar-refractivity contribution in [1.82, 2.24) is 0 Å². The van der Waals surface area contributed by atoms with Gasteiger partial charge in [0.15, 0.2) is 5.71 Å². The van der Waals surface area contributed by atoms with E-state index in [1.165, 1.54) is 4.90 Å². The molecule has 0 atom stereocenters. The number of para-hydroxylation sites is 2. The van der Waals surface area contributed by atoms with Gasteiger partial charge < -0.3 is 4.84 Å². The predicted octanol–water partition coefficient (Wildman–Crippen LogP) is 2.85. The second kappa shape index (κ2) is 5.99. The van der Waals surface area contributed by atoms with E-state index in [-0.39, 0.29) is 17.5 Å². The minimum Gasteiger partial charge on any atom is -0.316 e. The second-order valence-corrected chi connectivity index (χ2v) is 4.80. The van der Waals surface area contributed by atoms with Gasteiger partial charge in [0.1, 0.15) is 5.88 Å². The van der Waals surface area contributed by atoms with Crippen LogP contribution in [0.15, 0.2) is 59.8 Å². The van der Waals surface area contributed by atoms with E-state index in [4.69, 9.17) is 11.6 Å². The van der Waals surface area contributed by atoms with E-state index in [0.29, 0.717) is 16.9 Å². The molecule has 0 radical (unpaired) electrons. The molecule has 1 aliphatic heterocycles. The molecule has 1 heterocycles. The van der Waals surface area contributed by atoms with Crippen LogP contribution in [0.3, 0.4) is 0 Å². The van der Waals surface area contributed by atoms with Gasteiger partial charge in [-0.1, -0.05) is 41.6 Å². The lowest BCUT2D eigenvalue weighted by Crippen LogP contribution is -2.25. The van der Waals surface area contributed by atoms with E-state index in [9.17, 15) is 9.59 Å². The molecule has 0 bridgehead atoms. The van der Waals surface area contributed by atoms with Crippen LogP contribution in [0.5, 0.6) is 0 Å². The summed E-state index contributed by atoms with van der Waals surface area (Å²) in [7, 11) is 0. The lowest BCUT2D eigenvalue weighted by Gasteiger charge is -2.16. The molecule has 0 spiro atoms. The van der Waals surface area contributed by atoms with Crippen molar-refractivity contribution in [2.24, 2.45) is 5.16 Å². The van der Waals surface area contributed by atoms with Gasteiger partial charge >= 0.3 is 5.97 Å². The Kier molecular flexibility index (Phi) is 3.89. The Morgan fingerprint density at radius 1 is 1.09 bits per heavy atom. The standard InChI is InChI=1S/C16H11ClN2O3/c17-10-14(20)22-18-15-12-8-4-5-9-13(12)19(16(15)21)11-6-2-1-3-7-11/h1-9H,10H2. The summed E-state index contributed by atoms with van der Waals surface area (Å²) in [4.78, 5) is 30.0. The Labute approximate surface area is 131 Å². The molecule has 0 fully saturated rings. The lowest BCUT2D eigenvalue weighted by molar-refractivity contribution is -0.140. The number of nitrogens with zero attached hydrogens (tertiary/aromatic N) is 2. The van der Waals surface area contributed by atoms with Crippen LogP contribution in [-0.2, 0) is 14.4 Å². The molecule has 22 heavy (non-hydrogen) atoms. The number of amides is 1. The summed E-state index contributed by atoms with van der Waals surface area (Å²) in [5.74, 6) is -1.39. The van der Waals surface area contributed by atoms with E-state index in [2.05, 4.69) is 9.99 Å². The summed E-state index contributed by atoms with van der Waals surface area (Å²) in [6.45, 7) is 0. The quantitative estimate of drug-likeness (QED) is 0.497. The zero-order valence-corrected chi connectivity index (χ0v) is 12.2. The molecule has 110 valence electrons. The number of benzene rings is 2. The summed E-state index contributed by atoms with van der Waals surface area (Å²) in [5.41, 5.74) is 2.10. The molecule has 1 amide bonds. The summed E-state index contributed by atoms with van der Waals surface area (Å²) in [5, 5.41) is 3.68. The molecule has 2 aromatic rings. The maximum Gasteiger partial charge on any atom is 0.349 e. The third-order valence-electron chi connectivity index (χ3n) is 3.17. The number of halogens is 1. The Morgan fingerprint density at radius 2 is 1.77 bits per heavy atom. The number of carbonyl (C=O) groups excluding carboxylic acids is 2. The number of carbonyl (C=O) groups is 2. The largest absolute Gasteiger partial charge is 0.349 e. The van der Waals surface area contributed by atoms with Crippen molar-refractivity contribution in [1.29, 1.82) is 0 Å². The highest BCUT2D eigenvalue weighted by Gasteiger charge is 2.35. The van der Waals surface area contributed by atoms with Crippen molar-refractivity contribution in [3.8, 4) is 0 Å². The van der Waals surface area contributed by atoms with Gasteiger partial charge in [0.25, 0.3) is 5.91 Å². The normalized spacial score (nSPS) is 15.0. The van der Waals surface area contributed by atoms with Gasteiger partial charge in [-0.25, -0.2) is 4.79 Å². The first-order chi connectivity index (χ1) is 10.7. The molecule has 0 saturated heterocycles. The molecule has 0 saturated carbocycles. The Morgan fingerprint density at radius 3 is 2.50 bits per heavy atom. The van der Waals surface area contributed by atoms with Crippen molar-refractivity contribution >= 4 is 40.6 Å². The average molecular weight is 315 g/mol. The van der Waals surface area contributed by atoms with Crippen molar-refractivity contribution in [2.45, 2.75) is 0 Å². The number of hydrogen-bond acceptors (Lipinski definition) is 4. The number of anilines is 2. The molecular weight excluding hydrogens is 304 g/mol. The monoisotopic (exact) mass is 314 g/mol. The van der Waals surface area contributed by atoms with Crippen LogP contribution < -0.4 is 4.90 Å². The molecule has 0 aliphatic carbocycles. The molecule has 5 nitrogen and oxygen atoms in total. The fourth-order valence-corrected chi connectivity index (χ4v) is 2.29. The zero-order chi connectivity index (χ0) is 15.5. The fourth-order valence-electron chi connectivity index (χ4n) is 2.24. The third kappa shape index (κ3) is 2.46. The van der Waals surface area contributed by atoms with E-state index in [1.807, 2.05) is 42.5 Å². The number of hydrogen-bond donors (Lipinski definition) is 0. The number of alkyl halides is 1. The molecule has 6 heteroatoms. The highest BCUT2D eigenvalue weighted by atomic mass is 35.5. The lowest BCUT2D eigenvalue weighted by atomic mass is 10.1. The number of oxime groups is 1. The van der Waals surface area contributed by atoms with E-state index < -0.39 is 5.97 Å². The highest BCUT2D eigenvalue weighted by Crippen LogP contribution is 2.35. The Balaban J connectivity index is 2.05. The Hall–Kier alpha value is -2.66. The first kappa shape index (κ1) is 14.3. The topological polar surface area (TPSA) is 59.0 Å². The molecule has 0 N–H and O–H groups in total. The number of fused-ring (bicyclic) bond motifs is 1. The van der Waals surface area contributed by atoms with Crippen LogP contribution in [0, 0.1) is 0 Å². The SMILES string of the molecule is O=C(CCl)ON=C1C(=O)N(c2ccccc2)c2ccccc21. The van der Waals surface area contributed by atoms with Gasteiger partial charge in [-0.2, -0.15) is 0 Å². The smallest absolute Gasteiger partial charge is 0.316 e. The maximum absolute atomic E-state index is 12.6. The van der Waals surface area contributed by atoms with Gasteiger partial charge in [-0.3, -0.25) is 9.69 Å². The van der Waals surface area contributed by atoms with Crippen LogP contribution in [0.4, 0.5) is 11.4 Å². The van der Waals surface area contributed by atoms with Gasteiger partial charge in [-0.05, 0) is 18.2 Å². The molecular formula is C16H11ClN2O3. The van der Waals surface area contributed by atoms with Crippen LogP contribution in [0.1, 0.15) is 5.56 Å². The minimum absolute atomic E-state index is 0.0814. The van der Waals surface area contributed by atoms with Crippen LogP contribution in [0.25, 0.3) is 0 Å². The van der Waals surface area contributed by atoms with Crippen molar-refractivity contribution in [3.05, 3.63) is 60.2 Å². The van der Waals surface area contributed by atoms with Crippen LogP contribution >= 0.6 is 11.6 Å². The predicted molar refractivity (Wildman–Crippen MR) is 83.4 cm³/mol. The molecule has 0 aromatic heterocycles. The van der Waals surface area contributed by atoms with Crippen LogP contribution in [-0.4, -0.2) is 23.5 Å². The van der Waals surface area contributed by atoms with Gasteiger partial charge in [0.05, 0.1) is 5.69 Å². The van der Waals surface area contributed by atoms with Crippen molar-refractivity contribution < 1.29 is 14.4 Å². The van der Waals surface area contributed by atoms with Crippen LogP contribution in [0.2, 0.25) is 0 Å².